The third-order valence-electron chi connectivity index (χ3n) is 4.70. The van der Waals surface area contributed by atoms with Gasteiger partial charge in [-0.1, -0.05) is 40.5 Å². The zero-order chi connectivity index (χ0) is 24.8. The largest absolute Gasteiger partial charge is 0.386 e. The maximum absolute atomic E-state index is 11.6. The predicted octanol–water partition coefficient (Wildman–Crippen LogP) is 2.18. The lowest BCUT2D eigenvalue weighted by molar-refractivity contribution is -0.143. The normalized spacial score (nSPS) is 14.2. The number of hydrogen-bond donors (Lipinski definition) is 4. The molecule has 32 heavy (non-hydrogen) atoms. The van der Waals surface area contributed by atoms with E-state index in [0.717, 1.165) is 37.0 Å². The van der Waals surface area contributed by atoms with Gasteiger partial charge in [0.25, 0.3) is 0 Å². The van der Waals surface area contributed by atoms with E-state index >= 15 is 0 Å². The third-order valence-corrected chi connectivity index (χ3v) is 4.70. The number of ether oxygens (including phenoxy) is 1. The molecule has 0 aliphatic heterocycles. The van der Waals surface area contributed by atoms with Gasteiger partial charge in [0.05, 0.1) is 6.10 Å². The Labute approximate surface area is 194 Å². The average molecular weight is 459 g/mol. The van der Waals surface area contributed by atoms with E-state index in [0.29, 0.717) is 38.2 Å². The molecule has 0 aromatic rings. The molecule has 9 heteroatoms. The fraction of sp³-hybridized carbons (Fsp3) is 0.783. The quantitative estimate of drug-likeness (QED) is 0.0871. The van der Waals surface area contributed by atoms with Crippen molar-refractivity contribution in [1.29, 1.82) is 0 Å². The molecule has 4 N–H and O–H groups in total. The van der Waals surface area contributed by atoms with Crippen LogP contribution in [0.5, 0.6) is 0 Å². The van der Waals surface area contributed by atoms with E-state index in [-0.39, 0.29) is 5.91 Å². The van der Waals surface area contributed by atoms with Crippen molar-refractivity contribution in [2.45, 2.75) is 91.1 Å². The predicted molar refractivity (Wildman–Crippen MR) is 129 cm³/mol. The highest BCUT2D eigenvalue weighted by Crippen LogP contribution is 2.10. The fourth-order valence-corrected chi connectivity index (χ4v) is 2.79. The number of rotatable bonds is 17. The molecule has 0 heterocycles. The van der Waals surface area contributed by atoms with Gasteiger partial charge in [0, 0.05) is 39.9 Å². The summed E-state index contributed by atoms with van der Waals surface area (Å²) >= 11 is 0. The van der Waals surface area contributed by atoms with Crippen LogP contribution in [-0.4, -0.2) is 78.9 Å². The second-order valence-electron chi connectivity index (χ2n) is 7.00. The van der Waals surface area contributed by atoms with Crippen molar-refractivity contribution >= 4 is 18.2 Å². The van der Waals surface area contributed by atoms with Gasteiger partial charge < -0.3 is 25.6 Å². The number of carbonyl (C=O) groups is 2. The van der Waals surface area contributed by atoms with Gasteiger partial charge in [-0.15, -0.1) is 0 Å². The molecule has 0 radical (unpaired) electrons. The Kier molecular flexibility index (Phi) is 22.4. The number of aliphatic imine (C=N–C) groups is 1. The second-order valence-corrected chi connectivity index (χ2v) is 7.00. The van der Waals surface area contributed by atoms with Gasteiger partial charge in [-0.3, -0.25) is 19.5 Å². The van der Waals surface area contributed by atoms with Gasteiger partial charge in [0.15, 0.2) is 6.23 Å². The summed E-state index contributed by atoms with van der Waals surface area (Å²) in [5.74, 6) is 0.634. The standard InChI is InChI=1S/C21H40N4O5.C2H6/c1-5-7-8-11-19(27)24-14-10-9-13-23-18(22-3)12-15-25(16-26)21(29)20(28)17(6-2)30-4;1-2/h12,15-17,20-21,28-29H,5-11,13-14H2,1-4H3,(H,22,23)(H,24,27);1-2H3/b15-12-;. The van der Waals surface area contributed by atoms with Gasteiger partial charge in [0.2, 0.25) is 12.3 Å². The molecule has 0 spiro atoms. The fourth-order valence-electron chi connectivity index (χ4n) is 2.79. The van der Waals surface area contributed by atoms with E-state index in [2.05, 4.69) is 22.5 Å². The second kappa shape index (κ2) is 22.2. The number of unbranched alkanes of at least 4 members (excludes halogenated alkanes) is 3. The molecule has 0 rings (SSSR count). The van der Waals surface area contributed by atoms with Crippen LogP contribution in [0.25, 0.3) is 0 Å². The first-order valence-electron chi connectivity index (χ1n) is 11.7. The Balaban J connectivity index is 0. The minimum absolute atomic E-state index is 0.101. The molecule has 0 fully saturated rings. The highest BCUT2D eigenvalue weighted by molar-refractivity contribution is 5.92. The number of methoxy groups -OCH3 is 1. The van der Waals surface area contributed by atoms with Crippen molar-refractivity contribution < 1.29 is 24.5 Å². The lowest BCUT2D eigenvalue weighted by atomic mass is 10.1. The molecule has 3 atom stereocenters. The zero-order valence-corrected chi connectivity index (χ0v) is 20.8. The van der Waals surface area contributed by atoms with Crippen molar-refractivity contribution in [3.05, 3.63) is 12.3 Å². The number of amidine groups is 1. The van der Waals surface area contributed by atoms with Crippen molar-refractivity contribution in [1.82, 2.24) is 15.5 Å². The molecule has 0 aliphatic carbocycles. The Morgan fingerprint density at radius 3 is 2.22 bits per heavy atom. The maximum Gasteiger partial charge on any atom is 0.219 e. The van der Waals surface area contributed by atoms with Gasteiger partial charge in [0.1, 0.15) is 11.9 Å². The summed E-state index contributed by atoms with van der Waals surface area (Å²) < 4.78 is 5.11. The van der Waals surface area contributed by atoms with E-state index in [1.165, 1.54) is 13.3 Å². The molecular weight excluding hydrogens is 412 g/mol. The Morgan fingerprint density at radius 2 is 1.72 bits per heavy atom. The number of hydrogen-bond acceptors (Lipinski definition) is 6. The molecule has 0 aromatic carbocycles. The molecular formula is C23H46N4O5. The highest BCUT2D eigenvalue weighted by Gasteiger charge is 2.28. The van der Waals surface area contributed by atoms with Crippen molar-refractivity contribution in [2.24, 2.45) is 4.99 Å². The molecule has 0 aromatic heterocycles. The van der Waals surface area contributed by atoms with Crippen LogP contribution >= 0.6 is 0 Å². The molecule has 0 saturated carbocycles. The minimum Gasteiger partial charge on any atom is -0.386 e. The first-order valence-corrected chi connectivity index (χ1v) is 11.7. The summed E-state index contributed by atoms with van der Waals surface area (Å²) in [5, 5.41) is 26.4. The number of carbonyl (C=O) groups excluding carboxylic acids is 2. The van der Waals surface area contributed by atoms with E-state index in [1.54, 1.807) is 13.1 Å². The van der Waals surface area contributed by atoms with Gasteiger partial charge >= 0.3 is 0 Å². The van der Waals surface area contributed by atoms with Crippen LogP contribution in [0.15, 0.2) is 17.3 Å². The summed E-state index contributed by atoms with van der Waals surface area (Å²) in [7, 11) is 3.05. The summed E-state index contributed by atoms with van der Waals surface area (Å²) in [6.07, 6.45) is 5.96. The minimum atomic E-state index is -1.43. The first-order chi connectivity index (χ1) is 15.4. The topological polar surface area (TPSA) is 123 Å². The van der Waals surface area contributed by atoms with Crippen LogP contribution < -0.4 is 10.6 Å². The Hall–Kier alpha value is -1.97. The number of aliphatic hydroxyl groups is 2. The maximum atomic E-state index is 11.6. The summed E-state index contributed by atoms with van der Waals surface area (Å²) in [4.78, 5) is 28.0. The number of nitrogens with one attached hydrogen (secondary N) is 2. The Morgan fingerprint density at radius 1 is 1.09 bits per heavy atom. The first kappa shape index (κ1) is 32.2. The molecule has 2 amide bonds. The van der Waals surface area contributed by atoms with Crippen LogP contribution in [0, 0.1) is 0 Å². The average Bonchev–Trinajstić information content (AvgIpc) is 2.82. The van der Waals surface area contributed by atoms with Crippen LogP contribution in [0.4, 0.5) is 0 Å². The van der Waals surface area contributed by atoms with Crippen LogP contribution in [-0.2, 0) is 14.3 Å². The third kappa shape index (κ3) is 14.9. The summed E-state index contributed by atoms with van der Waals surface area (Å²) in [6.45, 7) is 9.21. The van der Waals surface area contributed by atoms with E-state index < -0.39 is 18.4 Å². The van der Waals surface area contributed by atoms with Gasteiger partial charge in [-0.05, 0) is 31.8 Å². The zero-order valence-electron chi connectivity index (χ0n) is 20.8. The smallest absolute Gasteiger partial charge is 0.219 e. The van der Waals surface area contributed by atoms with Crippen molar-refractivity contribution in [2.75, 3.05) is 27.2 Å². The molecule has 9 nitrogen and oxygen atoms in total. The molecule has 0 aliphatic rings. The van der Waals surface area contributed by atoms with Crippen LogP contribution in [0.2, 0.25) is 0 Å². The van der Waals surface area contributed by atoms with Crippen LogP contribution in [0.1, 0.15) is 72.6 Å². The number of aliphatic hydroxyl groups excluding tert-OH is 2. The summed E-state index contributed by atoms with van der Waals surface area (Å²) in [6, 6.07) is 0. The number of nitrogens with zero attached hydrogens (tertiary/aromatic N) is 2. The monoisotopic (exact) mass is 458 g/mol. The lowest BCUT2D eigenvalue weighted by Crippen LogP contribution is -2.46. The number of amides is 2. The van der Waals surface area contributed by atoms with E-state index in [1.807, 2.05) is 20.8 Å². The molecule has 3 unspecified atom stereocenters. The SMILES string of the molecule is CC.CCCCCC(=O)NCCCCNC(/C=C\N(C=O)C(O)C(O)C(CC)OC)=NC. The van der Waals surface area contributed by atoms with Crippen LogP contribution in [0.3, 0.4) is 0 Å². The lowest BCUT2D eigenvalue weighted by Gasteiger charge is -2.29. The highest BCUT2D eigenvalue weighted by atomic mass is 16.5. The summed E-state index contributed by atoms with van der Waals surface area (Å²) in [5.41, 5.74) is 0. The van der Waals surface area contributed by atoms with Gasteiger partial charge in [-0.2, -0.15) is 0 Å². The van der Waals surface area contributed by atoms with Crippen molar-refractivity contribution in [3.63, 3.8) is 0 Å². The molecule has 0 bridgehead atoms. The molecule has 0 saturated heterocycles. The van der Waals surface area contributed by atoms with E-state index in [9.17, 15) is 19.8 Å². The van der Waals surface area contributed by atoms with Crippen molar-refractivity contribution in [3.8, 4) is 0 Å². The van der Waals surface area contributed by atoms with E-state index in [4.69, 9.17) is 4.74 Å². The Bertz CT molecular complexity index is 525. The van der Waals surface area contributed by atoms with Gasteiger partial charge in [-0.25, -0.2) is 0 Å². The molecule has 188 valence electrons.